The Morgan fingerprint density at radius 3 is 2.33 bits per heavy atom. The highest BCUT2D eigenvalue weighted by Gasteiger charge is 2.47. The van der Waals surface area contributed by atoms with Gasteiger partial charge in [-0.3, -0.25) is 9.69 Å². The molecule has 1 aliphatic heterocycles. The van der Waals surface area contributed by atoms with Gasteiger partial charge in [0.25, 0.3) is 5.65 Å². The van der Waals surface area contributed by atoms with Gasteiger partial charge in [0.15, 0.2) is 11.3 Å². The van der Waals surface area contributed by atoms with Crippen molar-refractivity contribution in [1.82, 2.24) is 14.1 Å². The van der Waals surface area contributed by atoms with Crippen LogP contribution in [0.15, 0.2) is 65.5 Å². The van der Waals surface area contributed by atoms with Gasteiger partial charge >= 0.3 is 11.5 Å². The molecule has 0 N–H and O–H groups in total. The van der Waals surface area contributed by atoms with Gasteiger partial charge in [-0.05, 0) is 24.0 Å². The molecule has 0 amide bonds. The van der Waals surface area contributed by atoms with Gasteiger partial charge in [-0.15, -0.1) is 4.98 Å². The summed E-state index contributed by atoms with van der Waals surface area (Å²) in [7, 11) is 4.05. The lowest BCUT2D eigenvalue weighted by molar-refractivity contribution is -0.682. The molecule has 2 atom stereocenters. The van der Waals surface area contributed by atoms with Crippen LogP contribution in [0.4, 0.5) is 5.95 Å². The van der Waals surface area contributed by atoms with E-state index in [0.717, 1.165) is 29.4 Å². The van der Waals surface area contributed by atoms with Crippen molar-refractivity contribution in [2.75, 3.05) is 11.9 Å². The Balaban J connectivity index is 1.60. The smallest absolute Gasteiger partial charge is 0.304 e. The molecule has 2 unspecified atom stereocenters. The molecule has 168 valence electrons. The van der Waals surface area contributed by atoms with E-state index in [0.29, 0.717) is 25.0 Å². The lowest BCUT2D eigenvalue weighted by Gasteiger charge is -2.25. The van der Waals surface area contributed by atoms with Crippen LogP contribution in [0.25, 0.3) is 11.2 Å². The quantitative estimate of drug-likeness (QED) is 0.456. The first-order valence-electron chi connectivity index (χ1n) is 12.0. The Hall–Kier alpha value is -3.41. The van der Waals surface area contributed by atoms with E-state index in [2.05, 4.69) is 69.6 Å². The summed E-state index contributed by atoms with van der Waals surface area (Å²) in [4.78, 5) is 21.3. The fraction of sp³-hybridized carbons (Fsp3) is 0.370. The van der Waals surface area contributed by atoms with Crippen LogP contribution in [0, 0.1) is 0 Å². The van der Waals surface area contributed by atoms with Crippen molar-refractivity contribution in [2.24, 2.45) is 7.05 Å². The van der Waals surface area contributed by atoms with E-state index >= 15 is 0 Å². The molecule has 6 heteroatoms. The van der Waals surface area contributed by atoms with E-state index in [-0.39, 0.29) is 5.56 Å². The van der Waals surface area contributed by atoms with Crippen molar-refractivity contribution in [3.05, 3.63) is 88.0 Å². The zero-order valence-electron chi connectivity index (χ0n) is 19.3. The number of anilines is 1. The van der Waals surface area contributed by atoms with Crippen molar-refractivity contribution in [2.45, 2.75) is 50.7 Å². The van der Waals surface area contributed by atoms with Crippen LogP contribution in [0.3, 0.4) is 0 Å². The molecule has 0 saturated heterocycles. The highest BCUT2D eigenvalue weighted by Crippen LogP contribution is 2.36. The number of imidazole rings is 1. The van der Waals surface area contributed by atoms with E-state index in [4.69, 9.17) is 4.98 Å². The summed E-state index contributed by atoms with van der Waals surface area (Å²) in [5.41, 5.74) is 3.97. The van der Waals surface area contributed by atoms with Crippen LogP contribution in [-0.2, 0) is 20.0 Å². The first-order chi connectivity index (χ1) is 16.1. The predicted molar refractivity (Wildman–Crippen MR) is 130 cm³/mol. The van der Waals surface area contributed by atoms with E-state index in [1.807, 2.05) is 23.7 Å². The summed E-state index contributed by atoms with van der Waals surface area (Å²) in [6.45, 7) is 0.637. The van der Waals surface area contributed by atoms with Crippen LogP contribution < -0.4 is 15.0 Å². The topological polar surface area (TPSA) is 46.9 Å². The zero-order valence-corrected chi connectivity index (χ0v) is 19.3. The van der Waals surface area contributed by atoms with Crippen molar-refractivity contribution in [1.29, 1.82) is 0 Å². The first kappa shape index (κ1) is 20.2. The molecule has 0 radical (unpaired) electrons. The molecule has 6 nitrogen and oxygen atoms in total. The highest BCUT2D eigenvalue weighted by atomic mass is 16.1. The molecule has 2 aromatic carbocycles. The Labute approximate surface area is 193 Å². The van der Waals surface area contributed by atoms with Crippen molar-refractivity contribution in [3.63, 3.8) is 0 Å². The third-order valence-corrected chi connectivity index (χ3v) is 7.51. The molecule has 1 fully saturated rings. The van der Waals surface area contributed by atoms with Gasteiger partial charge in [-0.1, -0.05) is 73.5 Å². The fourth-order valence-corrected chi connectivity index (χ4v) is 5.92. The lowest BCUT2D eigenvalue weighted by atomic mass is 9.91. The van der Waals surface area contributed by atoms with Crippen molar-refractivity contribution >= 4 is 17.1 Å². The van der Waals surface area contributed by atoms with Crippen molar-refractivity contribution in [3.8, 4) is 0 Å². The summed E-state index contributed by atoms with van der Waals surface area (Å²) < 4.78 is 6.37. The molecular formula is C27H30N5O+. The second-order valence-corrected chi connectivity index (χ2v) is 9.50. The van der Waals surface area contributed by atoms with Crippen LogP contribution in [0.1, 0.15) is 48.7 Å². The maximum atomic E-state index is 13.8. The summed E-state index contributed by atoms with van der Waals surface area (Å²) in [5.74, 6) is 1.93. The van der Waals surface area contributed by atoms with Crippen LogP contribution >= 0.6 is 0 Å². The van der Waals surface area contributed by atoms with Gasteiger partial charge in [-0.2, -0.15) is 0 Å². The predicted octanol–water partition coefficient (Wildman–Crippen LogP) is 3.60. The molecule has 1 saturated carbocycles. The minimum atomic E-state index is 0.0319. The van der Waals surface area contributed by atoms with Crippen molar-refractivity contribution < 1.29 is 4.57 Å². The maximum absolute atomic E-state index is 13.8. The second kappa shape index (κ2) is 7.87. The molecule has 2 aromatic heterocycles. The number of likely N-dealkylation sites (N-methyl/N-ethyl adjacent to an activating group) is 1. The Bertz CT molecular complexity index is 1370. The monoisotopic (exact) mass is 440 g/mol. The standard InChI is InChI=1S/C27H30N5O/c1-29-21-15-9-10-16-22(21)32-25-24(26(33)30(2)27(29)32)31(18-20-13-7-4-8-14-20)23(28-25)17-19-11-5-3-6-12-19/h3-8,11-14,21-22H,9-10,15-18H2,1-2H3/q+1. The molecule has 33 heavy (non-hydrogen) atoms. The summed E-state index contributed by atoms with van der Waals surface area (Å²) in [5, 5.41) is 0. The number of fused-ring (bicyclic) bond motifs is 5. The largest absolute Gasteiger partial charge is 0.325 e. The van der Waals surface area contributed by atoms with Crippen LogP contribution in [0.5, 0.6) is 0 Å². The summed E-state index contributed by atoms with van der Waals surface area (Å²) >= 11 is 0. The Morgan fingerprint density at radius 1 is 0.939 bits per heavy atom. The molecule has 2 aliphatic rings. The molecule has 0 spiro atoms. The third-order valence-electron chi connectivity index (χ3n) is 7.51. The number of hydrogen-bond donors (Lipinski definition) is 0. The Kier molecular flexibility index (Phi) is 4.82. The molecule has 6 rings (SSSR count). The van der Waals surface area contributed by atoms with Gasteiger partial charge in [-0.25, -0.2) is 9.13 Å². The second-order valence-electron chi connectivity index (χ2n) is 9.50. The average Bonchev–Trinajstić information content (AvgIpc) is 3.34. The molecular weight excluding hydrogens is 410 g/mol. The van der Waals surface area contributed by atoms with Gasteiger partial charge in [0.1, 0.15) is 6.04 Å². The molecule has 0 bridgehead atoms. The molecule has 4 aromatic rings. The van der Waals surface area contributed by atoms with Gasteiger partial charge in [0, 0.05) is 13.5 Å². The molecule has 1 aliphatic carbocycles. The lowest BCUT2D eigenvalue weighted by Crippen LogP contribution is -2.45. The van der Waals surface area contributed by atoms with Crippen LogP contribution in [0.2, 0.25) is 0 Å². The van der Waals surface area contributed by atoms with E-state index in [9.17, 15) is 4.79 Å². The number of aromatic nitrogens is 4. The number of benzene rings is 2. The van der Waals surface area contributed by atoms with E-state index < -0.39 is 0 Å². The maximum Gasteiger partial charge on any atom is 0.325 e. The summed E-state index contributed by atoms with van der Waals surface area (Å²) in [6.07, 6.45) is 5.48. The van der Waals surface area contributed by atoms with Gasteiger partial charge in [0.2, 0.25) is 0 Å². The fourth-order valence-electron chi connectivity index (χ4n) is 5.92. The first-order valence-corrected chi connectivity index (χ1v) is 12.0. The minimum Gasteiger partial charge on any atom is -0.304 e. The summed E-state index contributed by atoms with van der Waals surface area (Å²) in [6, 6.07) is 21.6. The van der Waals surface area contributed by atoms with E-state index in [1.54, 1.807) is 0 Å². The van der Waals surface area contributed by atoms with Gasteiger partial charge in [0.05, 0.1) is 19.6 Å². The number of rotatable bonds is 4. The van der Waals surface area contributed by atoms with Gasteiger partial charge < -0.3 is 4.57 Å². The SMILES string of the molecule is CN1c2n(C)c(=O)c3c(nc(Cc4ccccc4)n3Cc3ccccc3)[n+]2C2CCCCC21. The molecule has 3 heterocycles. The normalized spacial score (nSPS) is 19.6. The van der Waals surface area contributed by atoms with Crippen LogP contribution in [-0.4, -0.2) is 27.2 Å². The zero-order chi connectivity index (χ0) is 22.5. The average molecular weight is 441 g/mol. The number of hydrogen-bond acceptors (Lipinski definition) is 3. The highest BCUT2D eigenvalue weighted by molar-refractivity contribution is 5.69. The van der Waals surface area contributed by atoms with E-state index in [1.165, 1.54) is 30.4 Å². The minimum absolute atomic E-state index is 0.0319. The Morgan fingerprint density at radius 2 is 1.61 bits per heavy atom. The number of nitrogens with zero attached hydrogens (tertiary/aromatic N) is 5. The third kappa shape index (κ3) is 3.19.